The Morgan fingerprint density at radius 3 is 3.07 bits per heavy atom. The molecule has 0 aliphatic heterocycles. The Morgan fingerprint density at radius 1 is 1.57 bits per heavy atom. The van der Waals surface area contributed by atoms with Crippen LogP contribution in [0, 0.1) is 0 Å². The first-order valence-corrected chi connectivity index (χ1v) is 4.77. The minimum absolute atomic E-state index is 0.190. The van der Waals surface area contributed by atoms with Gasteiger partial charge >= 0.3 is 0 Å². The number of rotatable bonds is 2. The standard InChI is InChI=1S/C11H14N2O/c1-14-11-10(3-2-6-13-11)8-4-5-9(12)7-8/h2-3,6-7,9H,4-5,12H2,1H3. The highest BCUT2D eigenvalue weighted by Gasteiger charge is 2.16. The quantitative estimate of drug-likeness (QED) is 0.770. The summed E-state index contributed by atoms with van der Waals surface area (Å²) in [6.07, 6.45) is 5.87. The van der Waals surface area contributed by atoms with E-state index in [2.05, 4.69) is 11.1 Å². The van der Waals surface area contributed by atoms with Crippen molar-refractivity contribution in [3.8, 4) is 5.88 Å². The fourth-order valence-electron chi connectivity index (χ4n) is 1.77. The molecular formula is C11H14N2O. The summed E-state index contributed by atoms with van der Waals surface area (Å²) < 4.78 is 5.20. The van der Waals surface area contributed by atoms with Crippen molar-refractivity contribution >= 4 is 5.57 Å². The smallest absolute Gasteiger partial charge is 0.220 e. The molecule has 74 valence electrons. The minimum Gasteiger partial charge on any atom is -0.481 e. The zero-order valence-electron chi connectivity index (χ0n) is 8.23. The summed E-state index contributed by atoms with van der Waals surface area (Å²) in [6, 6.07) is 4.13. The summed E-state index contributed by atoms with van der Waals surface area (Å²) in [5, 5.41) is 0. The Hall–Kier alpha value is -1.35. The lowest BCUT2D eigenvalue weighted by Gasteiger charge is -2.06. The van der Waals surface area contributed by atoms with E-state index < -0.39 is 0 Å². The molecule has 0 amide bonds. The number of nitrogens with zero attached hydrogens (tertiary/aromatic N) is 1. The lowest BCUT2D eigenvalue weighted by atomic mass is 10.1. The molecule has 1 aliphatic carbocycles. The third kappa shape index (κ3) is 1.63. The third-order valence-electron chi connectivity index (χ3n) is 2.47. The van der Waals surface area contributed by atoms with Gasteiger partial charge in [-0.1, -0.05) is 6.08 Å². The van der Waals surface area contributed by atoms with Crippen molar-refractivity contribution in [2.45, 2.75) is 18.9 Å². The first kappa shape index (κ1) is 9.21. The van der Waals surface area contributed by atoms with Gasteiger partial charge in [-0.2, -0.15) is 0 Å². The first-order valence-electron chi connectivity index (χ1n) is 4.77. The molecule has 0 saturated heterocycles. The fraction of sp³-hybridized carbons (Fsp3) is 0.364. The second-order valence-electron chi connectivity index (χ2n) is 3.45. The number of aromatic nitrogens is 1. The van der Waals surface area contributed by atoms with E-state index in [1.807, 2.05) is 12.1 Å². The average molecular weight is 190 g/mol. The van der Waals surface area contributed by atoms with Crippen LogP contribution < -0.4 is 10.5 Å². The molecular weight excluding hydrogens is 176 g/mol. The van der Waals surface area contributed by atoms with Gasteiger partial charge in [0.1, 0.15) is 0 Å². The van der Waals surface area contributed by atoms with E-state index in [0.29, 0.717) is 5.88 Å². The van der Waals surface area contributed by atoms with Crippen LogP contribution in [0.25, 0.3) is 5.57 Å². The predicted octanol–water partition coefficient (Wildman–Crippen LogP) is 1.59. The molecule has 0 saturated carbocycles. The summed E-state index contributed by atoms with van der Waals surface area (Å²) in [6.45, 7) is 0. The zero-order valence-corrected chi connectivity index (χ0v) is 8.23. The molecule has 1 atom stereocenters. The molecule has 1 heterocycles. The largest absolute Gasteiger partial charge is 0.481 e. The van der Waals surface area contributed by atoms with Crippen LogP contribution in [0.5, 0.6) is 5.88 Å². The topological polar surface area (TPSA) is 48.1 Å². The highest BCUT2D eigenvalue weighted by molar-refractivity contribution is 5.71. The summed E-state index contributed by atoms with van der Waals surface area (Å²) >= 11 is 0. The van der Waals surface area contributed by atoms with Gasteiger partial charge in [-0.3, -0.25) is 0 Å². The number of methoxy groups -OCH3 is 1. The van der Waals surface area contributed by atoms with E-state index in [9.17, 15) is 0 Å². The highest BCUT2D eigenvalue weighted by Crippen LogP contribution is 2.31. The molecule has 3 heteroatoms. The van der Waals surface area contributed by atoms with Gasteiger partial charge in [0.05, 0.1) is 7.11 Å². The molecule has 2 N–H and O–H groups in total. The maximum absolute atomic E-state index is 5.82. The van der Waals surface area contributed by atoms with Crippen LogP contribution in [0.2, 0.25) is 0 Å². The minimum atomic E-state index is 0.190. The van der Waals surface area contributed by atoms with Crippen molar-refractivity contribution in [1.82, 2.24) is 4.98 Å². The van der Waals surface area contributed by atoms with Gasteiger partial charge in [0.2, 0.25) is 5.88 Å². The molecule has 1 aromatic heterocycles. The Bertz CT molecular complexity index is 360. The molecule has 0 radical (unpaired) electrons. The second-order valence-corrected chi connectivity index (χ2v) is 3.45. The van der Waals surface area contributed by atoms with E-state index in [1.165, 1.54) is 5.57 Å². The summed E-state index contributed by atoms with van der Waals surface area (Å²) in [5.74, 6) is 0.688. The number of ether oxygens (including phenoxy) is 1. The van der Waals surface area contributed by atoms with Crippen molar-refractivity contribution in [1.29, 1.82) is 0 Å². The molecule has 0 aromatic carbocycles. The van der Waals surface area contributed by atoms with Gasteiger partial charge in [0, 0.05) is 17.8 Å². The molecule has 1 aliphatic rings. The van der Waals surface area contributed by atoms with E-state index in [4.69, 9.17) is 10.5 Å². The third-order valence-corrected chi connectivity index (χ3v) is 2.47. The summed E-state index contributed by atoms with van der Waals surface area (Å²) in [4.78, 5) is 4.16. The molecule has 2 rings (SSSR count). The Balaban J connectivity index is 2.36. The lowest BCUT2D eigenvalue weighted by Crippen LogP contribution is -2.11. The molecule has 14 heavy (non-hydrogen) atoms. The van der Waals surface area contributed by atoms with Crippen molar-refractivity contribution < 1.29 is 4.74 Å². The maximum Gasteiger partial charge on any atom is 0.220 e. The number of hydrogen-bond acceptors (Lipinski definition) is 3. The normalized spacial score (nSPS) is 20.7. The van der Waals surface area contributed by atoms with Crippen molar-refractivity contribution in [3.05, 3.63) is 30.0 Å². The predicted molar refractivity (Wildman–Crippen MR) is 56.0 cm³/mol. The SMILES string of the molecule is COc1ncccc1C1=CC(N)CC1. The number of nitrogens with two attached hydrogens (primary N) is 1. The van der Waals surface area contributed by atoms with E-state index in [1.54, 1.807) is 13.3 Å². The molecule has 0 bridgehead atoms. The molecule has 1 unspecified atom stereocenters. The van der Waals surface area contributed by atoms with Crippen LogP contribution >= 0.6 is 0 Å². The number of hydrogen-bond donors (Lipinski definition) is 1. The molecule has 1 aromatic rings. The van der Waals surface area contributed by atoms with Crippen molar-refractivity contribution in [2.75, 3.05) is 7.11 Å². The lowest BCUT2D eigenvalue weighted by molar-refractivity contribution is 0.396. The van der Waals surface area contributed by atoms with Gasteiger partial charge in [-0.15, -0.1) is 0 Å². The van der Waals surface area contributed by atoms with Gasteiger partial charge in [0.25, 0.3) is 0 Å². The Kier molecular flexibility index (Phi) is 2.50. The van der Waals surface area contributed by atoms with Crippen LogP contribution in [0.1, 0.15) is 18.4 Å². The van der Waals surface area contributed by atoms with Gasteiger partial charge in [-0.25, -0.2) is 4.98 Å². The van der Waals surface area contributed by atoms with E-state index in [-0.39, 0.29) is 6.04 Å². The Morgan fingerprint density at radius 2 is 2.43 bits per heavy atom. The molecule has 0 spiro atoms. The van der Waals surface area contributed by atoms with Crippen LogP contribution in [0.4, 0.5) is 0 Å². The Labute approximate surface area is 83.6 Å². The van der Waals surface area contributed by atoms with E-state index in [0.717, 1.165) is 18.4 Å². The summed E-state index contributed by atoms with van der Waals surface area (Å²) in [5.41, 5.74) is 8.14. The maximum atomic E-state index is 5.82. The number of pyridine rings is 1. The van der Waals surface area contributed by atoms with Gasteiger partial charge in [-0.05, 0) is 30.5 Å². The van der Waals surface area contributed by atoms with E-state index >= 15 is 0 Å². The van der Waals surface area contributed by atoms with Crippen LogP contribution in [-0.2, 0) is 0 Å². The van der Waals surface area contributed by atoms with Crippen molar-refractivity contribution in [3.63, 3.8) is 0 Å². The monoisotopic (exact) mass is 190 g/mol. The molecule has 3 nitrogen and oxygen atoms in total. The first-order chi connectivity index (χ1) is 6.81. The van der Waals surface area contributed by atoms with Crippen LogP contribution in [-0.4, -0.2) is 18.1 Å². The van der Waals surface area contributed by atoms with Gasteiger partial charge < -0.3 is 10.5 Å². The van der Waals surface area contributed by atoms with Crippen LogP contribution in [0.3, 0.4) is 0 Å². The summed E-state index contributed by atoms with van der Waals surface area (Å²) in [7, 11) is 1.64. The average Bonchev–Trinajstić information content (AvgIpc) is 2.65. The van der Waals surface area contributed by atoms with Crippen molar-refractivity contribution in [2.24, 2.45) is 5.73 Å². The van der Waals surface area contributed by atoms with Crippen LogP contribution in [0.15, 0.2) is 24.4 Å². The molecule has 0 fully saturated rings. The fourth-order valence-corrected chi connectivity index (χ4v) is 1.77. The number of allylic oxidation sites excluding steroid dienone is 1. The second kappa shape index (κ2) is 3.80. The van der Waals surface area contributed by atoms with Gasteiger partial charge in [0.15, 0.2) is 0 Å². The highest BCUT2D eigenvalue weighted by atomic mass is 16.5. The zero-order chi connectivity index (χ0) is 9.97.